The van der Waals surface area contributed by atoms with Gasteiger partial charge in [0.25, 0.3) is 0 Å². The van der Waals surface area contributed by atoms with Gasteiger partial charge in [-0.1, -0.05) is 0 Å². The molecule has 1 rings (SSSR count). The Labute approximate surface area is 120 Å². The van der Waals surface area contributed by atoms with Gasteiger partial charge in [-0.05, 0) is 13.5 Å². The number of carbonyl (C=O) groups excluding carboxylic acids is 1. The first-order valence-corrected chi connectivity index (χ1v) is 7.18. The van der Waals surface area contributed by atoms with Crippen molar-refractivity contribution in [2.75, 3.05) is 59.4 Å². The molecule has 7 nitrogen and oxygen atoms in total. The Hall–Kier alpha value is -1.18. The molecule has 20 heavy (non-hydrogen) atoms. The fourth-order valence-corrected chi connectivity index (χ4v) is 2.09. The topological polar surface area (TPSA) is 84.9 Å². The highest BCUT2D eigenvalue weighted by Gasteiger charge is 2.11. The molecule has 0 aromatic carbocycles. The molecule has 0 aromatic heterocycles. The molecule has 1 aliphatic rings. The maximum atomic E-state index is 11.6. The number of amides is 1. The van der Waals surface area contributed by atoms with Crippen LogP contribution in [0.2, 0.25) is 0 Å². The summed E-state index contributed by atoms with van der Waals surface area (Å²) in [5, 5.41) is 14.5. The minimum atomic E-state index is -0.826. The molecule has 1 saturated heterocycles. The van der Waals surface area contributed by atoms with Gasteiger partial charge in [0.15, 0.2) is 0 Å². The molecular weight excluding hydrogens is 260 g/mol. The van der Waals surface area contributed by atoms with Gasteiger partial charge < -0.3 is 15.7 Å². The second-order valence-electron chi connectivity index (χ2n) is 5.18. The number of rotatable bonds is 9. The average Bonchev–Trinajstić information content (AvgIpc) is 2.42. The van der Waals surface area contributed by atoms with Crippen LogP contribution in [-0.2, 0) is 9.59 Å². The maximum absolute atomic E-state index is 11.6. The van der Waals surface area contributed by atoms with Crippen LogP contribution in [-0.4, -0.2) is 86.2 Å². The van der Waals surface area contributed by atoms with E-state index in [4.69, 9.17) is 5.11 Å². The number of carboxylic acids is 1. The summed E-state index contributed by atoms with van der Waals surface area (Å²) in [6.45, 7) is 6.83. The fourth-order valence-electron chi connectivity index (χ4n) is 2.09. The number of carboxylic acid groups (broad SMARTS) is 1. The van der Waals surface area contributed by atoms with Gasteiger partial charge in [0, 0.05) is 52.2 Å². The van der Waals surface area contributed by atoms with Gasteiger partial charge in [-0.2, -0.15) is 0 Å². The molecule has 0 saturated carbocycles. The number of likely N-dealkylation sites (N-methyl/N-ethyl adjacent to an activating group) is 1. The normalized spacial score (nSPS) is 16.3. The third kappa shape index (κ3) is 8.08. The van der Waals surface area contributed by atoms with Crippen molar-refractivity contribution in [3.8, 4) is 0 Å². The molecule has 3 N–H and O–H groups in total. The van der Waals surface area contributed by atoms with Crippen molar-refractivity contribution in [2.24, 2.45) is 0 Å². The van der Waals surface area contributed by atoms with Crippen LogP contribution in [0.3, 0.4) is 0 Å². The monoisotopic (exact) mass is 286 g/mol. The largest absolute Gasteiger partial charge is 0.481 e. The van der Waals surface area contributed by atoms with Crippen molar-refractivity contribution >= 4 is 11.9 Å². The van der Waals surface area contributed by atoms with Gasteiger partial charge in [0.2, 0.25) is 5.91 Å². The molecule has 0 radical (unpaired) electrons. The molecule has 1 amide bonds. The van der Waals surface area contributed by atoms with Crippen molar-refractivity contribution in [1.82, 2.24) is 20.4 Å². The Morgan fingerprint density at radius 3 is 2.70 bits per heavy atom. The molecule has 0 spiro atoms. The van der Waals surface area contributed by atoms with E-state index in [-0.39, 0.29) is 12.3 Å². The second kappa shape index (κ2) is 9.68. The molecule has 116 valence electrons. The van der Waals surface area contributed by atoms with E-state index in [2.05, 4.69) is 15.5 Å². The van der Waals surface area contributed by atoms with Crippen LogP contribution in [0.4, 0.5) is 0 Å². The van der Waals surface area contributed by atoms with E-state index in [1.54, 1.807) is 0 Å². The highest BCUT2D eigenvalue weighted by atomic mass is 16.4. The third-order valence-electron chi connectivity index (χ3n) is 3.31. The minimum Gasteiger partial charge on any atom is -0.481 e. The molecule has 0 aromatic rings. The van der Waals surface area contributed by atoms with Crippen LogP contribution in [0.5, 0.6) is 0 Å². The maximum Gasteiger partial charge on any atom is 0.303 e. The standard InChI is InChI=1S/C13H26N4O3/c1-16(9-10-17-7-5-14-6-8-17)11-12(18)15-4-2-3-13(19)20/h14H,2-11H2,1H3,(H,15,18)(H,19,20). The summed E-state index contributed by atoms with van der Waals surface area (Å²) in [4.78, 5) is 26.3. The Morgan fingerprint density at radius 1 is 1.35 bits per heavy atom. The Bertz CT molecular complexity index is 306. The van der Waals surface area contributed by atoms with Gasteiger partial charge in [0.1, 0.15) is 0 Å². The second-order valence-corrected chi connectivity index (χ2v) is 5.18. The van der Waals surface area contributed by atoms with Crippen molar-refractivity contribution in [1.29, 1.82) is 0 Å². The van der Waals surface area contributed by atoms with Gasteiger partial charge in [0.05, 0.1) is 6.54 Å². The zero-order valence-corrected chi connectivity index (χ0v) is 12.2. The summed E-state index contributed by atoms with van der Waals surface area (Å²) in [7, 11) is 1.93. The van der Waals surface area contributed by atoms with E-state index < -0.39 is 5.97 Å². The van der Waals surface area contributed by atoms with E-state index in [1.165, 1.54) is 0 Å². The number of carbonyl (C=O) groups is 2. The van der Waals surface area contributed by atoms with E-state index in [0.29, 0.717) is 19.5 Å². The molecule has 0 bridgehead atoms. The Balaban J connectivity index is 2.03. The first-order chi connectivity index (χ1) is 9.58. The number of aliphatic carboxylic acids is 1. The SMILES string of the molecule is CN(CCN1CCNCC1)CC(=O)NCCCC(=O)O. The van der Waals surface area contributed by atoms with E-state index >= 15 is 0 Å². The smallest absolute Gasteiger partial charge is 0.303 e. The van der Waals surface area contributed by atoms with Crippen LogP contribution in [0.25, 0.3) is 0 Å². The van der Waals surface area contributed by atoms with E-state index in [9.17, 15) is 9.59 Å². The molecule has 0 atom stereocenters. The van der Waals surface area contributed by atoms with Gasteiger partial charge in [-0.25, -0.2) is 0 Å². The number of nitrogens with one attached hydrogen (secondary N) is 2. The Kier molecular flexibility index (Phi) is 8.17. The summed E-state index contributed by atoms with van der Waals surface area (Å²) in [6.07, 6.45) is 0.574. The summed E-state index contributed by atoms with van der Waals surface area (Å²) in [6, 6.07) is 0. The molecule has 7 heteroatoms. The Morgan fingerprint density at radius 2 is 2.05 bits per heavy atom. The summed E-state index contributed by atoms with van der Waals surface area (Å²) < 4.78 is 0. The van der Waals surface area contributed by atoms with Crippen LogP contribution < -0.4 is 10.6 Å². The third-order valence-corrected chi connectivity index (χ3v) is 3.31. The quantitative estimate of drug-likeness (QED) is 0.462. The average molecular weight is 286 g/mol. The van der Waals surface area contributed by atoms with Crippen LogP contribution >= 0.6 is 0 Å². The zero-order chi connectivity index (χ0) is 14.8. The number of hydrogen-bond donors (Lipinski definition) is 3. The predicted molar refractivity (Wildman–Crippen MR) is 76.7 cm³/mol. The molecule has 1 aliphatic heterocycles. The van der Waals surface area contributed by atoms with Gasteiger partial charge in [-0.3, -0.25) is 19.4 Å². The lowest BCUT2D eigenvalue weighted by atomic mass is 10.3. The van der Waals surface area contributed by atoms with Crippen molar-refractivity contribution in [3.05, 3.63) is 0 Å². The molecule has 1 heterocycles. The lowest BCUT2D eigenvalue weighted by Gasteiger charge is -2.28. The summed E-state index contributed by atoms with van der Waals surface area (Å²) in [5.74, 6) is -0.870. The van der Waals surface area contributed by atoms with Crippen LogP contribution in [0.15, 0.2) is 0 Å². The fraction of sp³-hybridized carbons (Fsp3) is 0.846. The molecule has 0 unspecified atom stereocenters. The highest BCUT2D eigenvalue weighted by molar-refractivity contribution is 5.78. The summed E-state index contributed by atoms with van der Waals surface area (Å²) >= 11 is 0. The highest BCUT2D eigenvalue weighted by Crippen LogP contribution is 1.93. The predicted octanol–water partition coefficient (Wildman–Crippen LogP) is -1.20. The molecule has 0 aliphatic carbocycles. The van der Waals surface area contributed by atoms with Crippen molar-refractivity contribution < 1.29 is 14.7 Å². The lowest BCUT2D eigenvalue weighted by Crippen LogP contribution is -2.46. The number of nitrogens with zero attached hydrogens (tertiary/aromatic N) is 2. The molecular formula is C13H26N4O3. The van der Waals surface area contributed by atoms with E-state index in [1.807, 2.05) is 11.9 Å². The van der Waals surface area contributed by atoms with E-state index in [0.717, 1.165) is 39.3 Å². The number of piperazine rings is 1. The van der Waals surface area contributed by atoms with Crippen LogP contribution in [0, 0.1) is 0 Å². The molecule has 1 fully saturated rings. The van der Waals surface area contributed by atoms with Gasteiger partial charge in [-0.15, -0.1) is 0 Å². The first kappa shape index (κ1) is 16.9. The minimum absolute atomic E-state index is 0.0433. The van der Waals surface area contributed by atoms with Crippen molar-refractivity contribution in [2.45, 2.75) is 12.8 Å². The van der Waals surface area contributed by atoms with Crippen LogP contribution in [0.1, 0.15) is 12.8 Å². The summed E-state index contributed by atoms with van der Waals surface area (Å²) in [5.41, 5.74) is 0. The number of hydrogen-bond acceptors (Lipinski definition) is 5. The lowest BCUT2D eigenvalue weighted by molar-refractivity contribution is -0.137. The first-order valence-electron chi connectivity index (χ1n) is 7.18. The van der Waals surface area contributed by atoms with Crippen molar-refractivity contribution in [3.63, 3.8) is 0 Å². The van der Waals surface area contributed by atoms with Gasteiger partial charge >= 0.3 is 5.97 Å². The zero-order valence-electron chi connectivity index (χ0n) is 12.2.